The molecule has 2 fully saturated rings. The number of amides is 1. The lowest BCUT2D eigenvalue weighted by Gasteiger charge is -2.27. The molecule has 2 aliphatic heterocycles. The molecule has 3 heterocycles. The van der Waals surface area contributed by atoms with Gasteiger partial charge in [0, 0.05) is 36.7 Å². The van der Waals surface area contributed by atoms with Gasteiger partial charge in [-0.15, -0.1) is 11.8 Å². The molecule has 6 nitrogen and oxygen atoms in total. The van der Waals surface area contributed by atoms with Crippen molar-refractivity contribution in [1.29, 1.82) is 0 Å². The number of para-hydroxylation sites is 1. The molecule has 2 N–H and O–H groups in total. The van der Waals surface area contributed by atoms with Gasteiger partial charge in [-0.2, -0.15) is 0 Å². The van der Waals surface area contributed by atoms with E-state index in [1.807, 2.05) is 24.3 Å². The van der Waals surface area contributed by atoms with Crippen LogP contribution in [0.2, 0.25) is 0 Å². The highest BCUT2D eigenvalue weighted by atomic mass is 32.2. The fourth-order valence-electron chi connectivity index (χ4n) is 4.34. The number of aryl methyl sites for hydroxylation is 1. The van der Waals surface area contributed by atoms with Gasteiger partial charge in [0.1, 0.15) is 11.3 Å². The minimum absolute atomic E-state index is 0.0497. The van der Waals surface area contributed by atoms with Crippen LogP contribution < -0.4 is 5.32 Å². The number of unbranched alkanes of at least 4 members (excludes halogenated alkanes) is 1. The number of benzene rings is 1. The number of furan rings is 1. The summed E-state index contributed by atoms with van der Waals surface area (Å²) in [5, 5.41) is 13.5. The fourth-order valence-corrected chi connectivity index (χ4v) is 5.56. The van der Waals surface area contributed by atoms with Gasteiger partial charge < -0.3 is 19.7 Å². The smallest absolute Gasteiger partial charge is 0.223 e. The van der Waals surface area contributed by atoms with E-state index in [0.717, 1.165) is 48.8 Å². The number of aliphatic hydroxyl groups excluding tert-OH is 1. The number of aliphatic hydroxyl groups is 1. The first-order valence-corrected chi connectivity index (χ1v) is 11.5. The molecule has 1 unspecified atom stereocenters. The van der Waals surface area contributed by atoms with Gasteiger partial charge in [-0.05, 0) is 37.8 Å². The van der Waals surface area contributed by atoms with Crippen LogP contribution in [0.25, 0.3) is 11.0 Å². The first kappa shape index (κ1) is 20.4. The van der Waals surface area contributed by atoms with Gasteiger partial charge >= 0.3 is 0 Å². The molecule has 4 rings (SSSR count). The van der Waals surface area contributed by atoms with Crippen molar-refractivity contribution in [1.82, 2.24) is 10.2 Å². The zero-order valence-corrected chi connectivity index (χ0v) is 17.3. The average molecular weight is 417 g/mol. The lowest BCUT2D eigenvalue weighted by Crippen LogP contribution is -2.48. The van der Waals surface area contributed by atoms with Crippen molar-refractivity contribution in [3.05, 3.63) is 36.1 Å². The Morgan fingerprint density at radius 3 is 2.97 bits per heavy atom. The third kappa shape index (κ3) is 4.52. The van der Waals surface area contributed by atoms with Crippen molar-refractivity contribution in [3.63, 3.8) is 0 Å². The molecule has 1 aromatic heterocycles. The maximum atomic E-state index is 13.0. The molecular weight excluding hydrogens is 388 g/mol. The summed E-state index contributed by atoms with van der Waals surface area (Å²) in [7, 11) is 0. The van der Waals surface area contributed by atoms with Crippen molar-refractivity contribution in [3.8, 4) is 0 Å². The number of carbonyl (C=O) groups excluding carboxylic acids is 2. The molecule has 29 heavy (non-hydrogen) atoms. The molecule has 2 saturated heterocycles. The van der Waals surface area contributed by atoms with E-state index in [2.05, 4.69) is 11.4 Å². The second kappa shape index (κ2) is 9.32. The van der Waals surface area contributed by atoms with E-state index in [9.17, 15) is 14.7 Å². The topological polar surface area (TPSA) is 82.8 Å². The van der Waals surface area contributed by atoms with E-state index in [0.29, 0.717) is 18.8 Å². The molecule has 3 atom stereocenters. The van der Waals surface area contributed by atoms with E-state index in [-0.39, 0.29) is 35.6 Å². The number of Topliss-reactive ketones (excluding diaryl/α,β-unsaturated/α-hetero) is 1. The number of rotatable bonds is 8. The summed E-state index contributed by atoms with van der Waals surface area (Å²) in [5.41, 5.74) is 0.900. The van der Waals surface area contributed by atoms with E-state index in [1.54, 1.807) is 4.90 Å². The van der Waals surface area contributed by atoms with E-state index in [1.165, 1.54) is 11.8 Å². The second-order valence-electron chi connectivity index (χ2n) is 7.83. The van der Waals surface area contributed by atoms with Crippen LogP contribution in [0.5, 0.6) is 0 Å². The van der Waals surface area contributed by atoms with Gasteiger partial charge in [0.15, 0.2) is 5.78 Å². The summed E-state index contributed by atoms with van der Waals surface area (Å²) in [4.78, 5) is 27.5. The third-order valence-corrected chi connectivity index (χ3v) is 7.15. The van der Waals surface area contributed by atoms with E-state index < -0.39 is 0 Å². The van der Waals surface area contributed by atoms with Crippen molar-refractivity contribution < 1.29 is 19.1 Å². The van der Waals surface area contributed by atoms with Crippen molar-refractivity contribution >= 4 is 34.4 Å². The number of hydrogen-bond donors (Lipinski definition) is 2. The van der Waals surface area contributed by atoms with E-state index >= 15 is 0 Å². The molecule has 156 valence electrons. The zero-order valence-electron chi connectivity index (χ0n) is 16.5. The summed E-state index contributed by atoms with van der Waals surface area (Å²) in [5.74, 6) is 1.78. The first-order chi connectivity index (χ1) is 14.2. The van der Waals surface area contributed by atoms with E-state index in [4.69, 9.17) is 4.42 Å². The van der Waals surface area contributed by atoms with Crippen molar-refractivity contribution in [2.75, 3.05) is 19.0 Å². The summed E-state index contributed by atoms with van der Waals surface area (Å²) in [6.45, 7) is 0.610. The molecule has 7 heteroatoms. The van der Waals surface area contributed by atoms with Crippen LogP contribution in [0.1, 0.15) is 37.9 Å². The SMILES string of the molecule is O=C(C1SCN[C@@H]1CO)[C@@H]1CCCN1C(=O)CCCCc1cc2ccccc2o1. The molecule has 0 saturated carbocycles. The molecule has 0 bridgehead atoms. The number of thioether (sulfide) groups is 1. The van der Waals surface area contributed by atoms with Crippen LogP contribution in [-0.4, -0.2) is 58.1 Å². The van der Waals surface area contributed by atoms with Crippen molar-refractivity contribution in [2.45, 2.75) is 55.9 Å². The van der Waals surface area contributed by atoms with Gasteiger partial charge in [0.25, 0.3) is 0 Å². The number of hydrogen-bond acceptors (Lipinski definition) is 6. The Hall–Kier alpha value is -1.83. The lowest BCUT2D eigenvalue weighted by atomic mass is 10.0. The first-order valence-electron chi connectivity index (χ1n) is 10.4. The zero-order chi connectivity index (χ0) is 20.2. The van der Waals surface area contributed by atoms with Gasteiger partial charge in [-0.25, -0.2) is 0 Å². The summed E-state index contributed by atoms with van der Waals surface area (Å²) < 4.78 is 5.83. The lowest BCUT2D eigenvalue weighted by molar-refractivity contribution is -0.137. The quantitative estimate of drug-likeness (QED) is 0.644. The molecular formula is C22H28N2O4S. The van der Waals surface area contributed by atoms with Crippen LogP contribution in [0.3, 0.4) is 0 Å². The normalized spacial score (nSPS) is 24.4. The van der Waals surface area contributed by atoms with Crippen LogP contribution >= 0.6 is 11.8 Å². The average Bonchev–Trinajstić information content (AvgIpc) is 3.48. The number of nitrogens with zero attached hydrogens (tertiary/aromatic N) is 1. The number of fused-ring (bicyclic) bond motifs is 1. The third-order valence-electron chi connectivity index (χ3n) is 5.89. The van der Waals surface area contributed by atoms with Crippen LogP contribution in [0.4, 0.5) is 0 Å². The highest BCUT2D eigenvalue weighted by Crippen LogP contribution is 2.29. The van der Waals surface area contributed by atoms with Crippen LogP contribution in [0.15, 0.2) is 34.7 Å². The Morgan fingerprint density at radius 2 is 2.14 bits per heavy atom. The Morgan fingerprint density at radius 1 is 1.28 bits per heavy atom. The fraction of sp³-hybridized carbons (Fsp3) is 0.545. The largest absolute Gasteiger partial charge is 0.461 e. The molecule has 0 radical (unpaired) electrons. The van der Waals surface area contributed by atoms with Crippen LogP contribution in [-0.2, 0) is 16.0 Å². The van der Waals surface area contributed by atoms with Crippen molar-refractivity contribution in [2.24, 2.45) is 0 Å². The maximum absolute atomic E-state index is 13.0. The Balaban J connectivity index is 1.26. The minimum atomic E-state index is -0.329. The molecule has 1 aromatic carbocycles. The molecule has 2 aliphatic rings. The summed E-state index contributed by atoms with van der Waals surface area (Å²) in [6, 6.07) is 9.50. The number of likely N-dealkylation sites (tertiary alicyclic amines) is 1. The summed E-state index contributed by atoms with van der Waals surface area (Å²) >= 11 is 1.54. The Bertz CT molecular complexity index is 834. The van der Waals surface area contributed by atoms with Gasteiger partial charge in [-0.3, -0.25) is 9.59 Å². The number of nitrogens with one attached hydrogen (secondary N) is 1. The standard InChI is InChI=1S/C22H28N2O4S/c25-13-17-22(29-14-23-17)21(27)18-8-5-11-24(18)20(26)10-4-2-7-16-12-15-6-1-3-9-19(15)28-16/h1,3,6,9,12,17-18,22-23,25H,2,4-5,7-8,10-11,13-14H2/t17-,18+,22?/m1/s1. The predicted octanol–water partition coefficient (Wildman–Crippen LogP) is 2.73. The highest BCUT2D eigenvalue weighted by molar-refractivity contribution is 8.00. The Kier molecular flexibility index (Phi) is 6.57. The number of carbonyl (C=O) groups is 2. The van der Waals surface area contributed by atoms with Gasteiger partial charge in [0.2, 0.25) is 5.91 Å². The molecule has 2 aromatic rings. The predicted molar refractivity (Wildman–Crippen MR) is 114 cm³/mol. The molecule has 0 spiro atoms. The van der Waals surface area contributed by atoms with Gasteiger partial charge in [0.05, 0.1) is 17.9 Å². The van der Waals surface area contributed by atoms with Crippen LogP contribution in [0, 0.1) is 0 Å². The second-order valence-corrected chi connectivity index (χ2v) is 8.96. The molecule has 1 amide bonds. The minimum Gasteiger partial charge on any atom is -0.461 e. The summed E-state index contributed by atoms with van der Waals surface area (Å²) in [6.07, 6.45) is 4.55. The van der Waals surface area contributed by atoms with Gasteiger partial charge in [-0.1, -0.05) is 18.2 Å². The monoisotopic (exact) mass is 416 g/mol. The molecule has 0 aliphatic carbocycles. The number of ketones is 1. The highest BCUT2D eigenvalue weighted by Gasteiger charge is 2.41. The maximum Gasteiger partial charge on any atom is 0.223 e. The Labute approximate surface area is 175 Å².